The molecule has 2 aromatic heterocycles. The van der Waals surface area contributed by atoms with Gasteiger partial charge in [0.25, 0.3) is 5.91 Å². The number of carbonyl (C=O) groups excluding carboxylic acids is 2. The van der Waals surface area contributed by atoms with Crippen molar-refractivity contribution >= 4 is 35.2 Å². The van der Waals surface area contributed by atoms with Crippen LogP contribution in [0.2, 0.25) is 0 Å². The van der Waals surface area contributed by atoms with Crippen LogP contribution in [0.5, 0.6) is 0 Å². The van der Waals surface area contributed by atoms with E-state index in [1.165, 1.54) is 18.3 Å². The van der Waals surface area contributed by atoms with Crippen LogP contribution >= 0.6 is 0 Å². The number of hydrogen-bond donors (Lipinski definition) is 4. The molecule has 51 heavy (non-hydrogen) atoms. The summed E-state index contributed by atoms with van der Waals surface area (Å²) in [4.78, 5) is 48.7. The molecule has 4 heterocycles. The topological polar surface area (TPSA) is 159 Å². The second-order valence-corrected chi connectivity index (χ2v) is 12.6. The maximum absolute atomic E-state index is 14.0. The smallest absolute Gasteiger partial charge is 0.418 e. The number of carboxylic acid groups (broad SMARTS) is 1. The lowest BCUT2D eigenvalue weighted by atomic mass is 10.0. The molecule has 0 atom stereocenters. The summed E-state index contributed by atoms with van der Waals surface area (Å²) in [5, 5.41) is 15.0. The molecule has 264 valence electrons. The summed E-state index contributed by atoms with van der Waals surface area (Å²) < 4.78 is 43.8. The molecule has 1 fully saturated rings. The normalized spacial score (nSPS) is 15.2. The van der Waals surface area contributed by atoms with Gasteiger partial charge in [-0.25, -0.2) is 19.7 Å². The summed E-state index contributed by atoms with van der Waals surface area (Å²) >= 11 is 0. The number of anilines is 3. The van der Waals surface area contributed by atoms with Crippen LogP contribution in [0.1, 0.15) is 51.1 Å². The van der Waals surface area contributed by atoms with Crippen LogP contribution in [0.3, 0.4) is 0 Å². The van der Waals surface area contributed by atoms with Gasteiger partial charge >= 0.3 is 12.3 Å². The fourth-order valence-electron chi connectivity index (χ4n) is 6.33. The Morgan fingerprint density at radius 3 is 2.55 bits per heavy atom. The Bertz CT molecular complexity index is 2080. The molecule has 2 aliphatic rings. The van der Waals surface area contributed by atoms with Crippen LogP contribution < -0.4 is 16.4 Å². The fraction of sp³-hybridized carbons (Fsp3) is 0.306. The van der Waals surface area contributed by atoms with Crippen molar-refractivity contribution in [1.82, 2.24) is 24.3 Å². The van der Waals surface area contributed by atoms with Crippen molar-refractivity contribution in [2.24, 2.45) is 7.05 Å². The highest BCUT2D eigenvalue weighted by Crippen LogP contribution is 2.37. The minimum absolute atomic E-state index is 0.0129. The Hall–Kier alpha value is -5.88. The number of hydrogen-bond acceptors (Lipinski definition) is 8. The summed E-state index contributed by atoms with van der Waals surface area (Å²) in [5.74, 6) is 4.92. The molecule has 0 radical (unpaired) electrons. The van der Waals surface area contributed by atoms with Crippen LogP contribution in [-0.4, -0.2) is 80.1 Å². The first-order chi connectivity index (χ1) is 24.3. The molecule has 1 saturated heterocycles. The van der Waals surface area contributed by atoms with Crippen molar-refractivity contribution in [2.75, 3.05) is 43.0 Å². The summed E-state index contributed by atoms with van der Waals surface area (Å²) in [6.45, 7) is 1.62. The van der Waals surface area contributed by atoms with Crippen molar-refractivity contribution in [3.05, 3.63) is 88.2 Å². The highest BCUT2D eigenvalue weighted by atomic mass is 19.4. The van der Waals surface area contributed by atoms with Crippen molar-refractivity contribution in [1.29, 1.82) is 0 Å². The monoisotopic (exact) mass is 700 g/mol. The van der Waals surface area contributed by atoms with Gasteiger partial charge in [0, 0.05) is 54.9 Å². The molecule has 0 spiro atoms. The number of aromatic nitrogens is 3. The Balaban J connectivity index is 1.18. The molecule has 15 heteroatoms. The second-order valence-electron chi connectivity index (χ2n) is 12.6. The highest BCUT2D eigenvalue weighted by molar-refractivity contribution is 6.05. The predicted molar refractivity (Wildman–Crippen MR) is 184 cm³/mol. The molecule has 0 unspecified atom stereocenters. The largest absolute Gasteiger partial charge is 0.465 e. The molecule has 12 nitrogen and oxygen atoms in total. The van der Waals surface area contributed by atoms with Crippen molar-refractivity contribution < 1.29 is 32.7 Å². The van der Waals surface area contributed by atoms with Crippen LogP contribution in [-0.2, 0) is 30.9 Å². The first kappa shape index (κ1) is 35.0. The predicted octanol–water partition coefficient (Wildman–Crippen LogP) is 4.85. The van der Waals surface area contributed by atoms with E-state index in [0.717, 1.165) is 36.9 Å². The lowest BCUT2D eigenvalue weighted by Crippen LogP contribution is -2.41. The number of carbonyl (C=O) groups is 3. The average molecular weight is 701 g/mol. The molecule has 0 bridgehead atoms. The third-order valence-corrected chi connectivity index (χ3v) is 9.01. The van der Waals surface area contributed by atoms with E-state index in [2.05, 4.69) is 37.3 Å². The summed E-state index contributed by atoms with van der Waals surface area (Å²) in [6.07, 6.45) is -2.81. The minimum Gasteiger partial charge on any atom is -0.465 e. The van der Waals surface area contributed by atoms with E-state index in [1.807, 2.05) is 7.05 Å². The number of halogens is 3. The second kappa shape index (κ2) is 14.2. The van der Waals surface area contributed by atoms with Gasteiger partial charge in [0.15, 0.2) is 0 Å². The third kappa shape index (κ3) is 7.81. The maximum Gasteiger partial charge on any atom is 0.418 e. The molecule has 0 saturated carbocycles. The van der Waals surface area contributed by atoms with Gasteiger partial charge in [-0.05, 0) is 74.9 Å². The molecule has 6 rings (SSSR count). The Morgan fingerprint density at radius 2 is 1.82 bits per heavy atom. The van der Waals surface area contributed by atoms with E-state index in [1.54, 1.807) is 41.9 Å². The van der Waals surface area contributed by atoms with E-state index >= 15 is 0 Å². The van der Waals surface area contributed by atoms with Crippen LogP contribution in [0.25, 0.3) is 11.4 Å². The standard InChI is InChI=1S/C36H35F3N8O4/c1-45-13-10-24(11-14-45)42-28-9-8-25(18-27(28)36(37,38)39)43-31(48)17-22-5-3-4-21(16-22)6-7-23-20-41-34(40)44-32(23)30-19-26-29(46(30)2)12-15-47(33(26)49)35(50)51/h3-5,8-9,16,18-20,24,42H,10-15,17H2,1-2H3,(H,43,48)(H,50,51)(H2,40,41,44). The molecular formula is C36H35F3N8O4. The third-order valence-electron chi connectivity index (χ3n) is 9.01. The number of alkyl halides is 3. The van der Waals surface area contributed by atoms with Crippen molar-refractivity contribution in [2.45, 2.75) is 37.9 Å². The number of nitrogens with zero attached hydrogens (tertiary/aromatic N) is 5. The van der Waals surface area contributed by atoms with E-state index in [0.29, 0.717) is 40.2 Å². The zero-order valence-corrected chi connectivity index (χ0v) is 27.8. The number of fused-ring (bicyclic) bond motifs is 1. The Kier molecular flexibility index (Phi) is 9.71. The van der Waals surface area contributed by atoms with Crippen LogP contribution in [0.4, 0.5) is 35.3 Å². The number of rotatable bonds is 6. The molecule has 0 aliphatic carbocycles. The van der Waals surface area contributed by atoms with Gasteiger partial charge in [-0.1, -0.05) is 24.0 Å². The minimum atomic E-state index is -4.62. The molecule has 3 amide bonds. The van der Waals surface area contributed by atoms with Crippen LogP contribution in [0.15, 0.2) is 54.7 Å². The number of imide groups is 1. The van der Waals surface area contributed by atoms with E-state index < -0.39 is 29.6 Å². The number of nitrogens with two attached hydrogens (primary N) is 1. The first-order valence-electron chi connectivity index (χ1n) is 16.2. The number of nitrogen functional groups attached to an aromatic ring is 1. The number of amides is 3. The summed E-state index contributed by atoms with van der Waals surface area (Å²) in [7, 11) is 3.72. The molecule has 2 aromatic carbocycles. The zero-order valence-electron chi connectivity index (χ0n) is 27.8. The lowest BCUT2D eigenvalue weighted by molar-refractivity contribution is -0.137. The van der Waals surface area contributed by atoms with Gasteiger partial charge in [0.2, 0.25) is 11.9 Å². The first-order valence-corrected chi connectivity index (χ1v) is 16.2. The average Bonchev–Trinajstić information content (AvgIpc) is 3.42. The van der Waals surface area contributed by atoms with Crippen LogP contribution in [0, 0.1) is 11.8 Å². The van der Waals surface area contributed by atoms with Gasteiger partial charge in [-0.15, -0.1) is 0 Å². The van der Waals surface area contributed by atoms with Crippen molar-refractivity contribution in [3.8, 4) is 23.2 Å². The van der Waals surface area contributed by atoms with E-state index in [-0.39, 0.29) is 41.9 Å². The fourth-order valence-corrected chi connectivity index (χ4v) is 6.33. The molecule has 2 aliphatic heterocycles. The van der Waals surface area contributed by atoms with E-state index in [4.69, 9.17) is 5.73 Å². The number of piperidine rings is 1. The van der Waals surface area contributed by atoms with E-state index in [9.17, 15) is 32.7 Å². The van der Waals surface area contributed by atoms with Gasteiger partial charge in [0.1, 0.15) is 5.69 Å². The molecule has 5 N–H and O–H groups in total. The van der Waals surface area contributed by atoms with Gasteiger partial charge in [-0.3, -0.25) is 9.59 Å². The lowest BCUT2D eigenvalue weighted by Gasteiger charge is -2.31. The number of benzene rings is 2. The quantitative estimate of drug-likeness (QED) is 0.207. The summed E-state index contributed by atoms with van der Waals surface area (Å²) in [6, 6.07) is 12.1. The number of likely N-dealkylation sites (tertiary alicyclic amines) is 1. The zero-order chi connectivity index (χ0) is 36.4. The maximum atomic E-state index is 14.0. The Morgan fingerprint density at radius 1 is 1.06 bits per heavy atom. The van der Waals surface area contributed by atoms with Gasteiger partial charge in [0.05, 0.1) is 28.8 Å². The number of nitrogens with one attached hydrogen (secondary N) is 2. The summed E-state index contributed by atoms with van der Waals surface area (Å²) in [5.41, 5.74) is 8.36. The molecular weight excluding hydrogens is 665 g/mol. The SMILES string of the molecule is CN1CCC(Nc2ccc(NC(=O)Cc3cccc(C#Cc4cnc(N)nc4-c4cc5c(n4C)CCN(C(=O)O)C5=O)c3)cc2C(F)(F)F)CC1. The van der Waals surface area contributed by atoms with Gasteiger partial charge < -0.3 is 30.9 Å². The highest BCUT2D eigenvalue weighted by Gasteiger charge is 2.35. The van der Waals surface area contributed by atoms with Crippen molar-refractivity contribution in [3.63, 3.8) is 0 Å². The van der Waals surface area contributed by atoms with Gasteiger partial charge in [-0.2, -0.15) is 13.2 Å². The molecule has 4 aromatic rings. The Labute approximate surface area is 291 Å².